The number of rotatable bonds is 6. The largest absolute Gasteiger partial charge is 0.489 e. The van der Waals surface area contributed by atoms with E-state index in [0.29, 0.717) is 12.2 Å². The number of carbonyl (C=O) groups excluding carboxylic acids is 1. The standard InChI is InChI=1S/C25H32N2O3/c1-19-15-26(16-20(2)30-19)17-23-11-7-13-27(23)25(28)22-10-6-12-24(14-22)29-18-21-8-4-3-5-9-21/h3-6,8-10,12,14,19-20,23H,7,11,13,15-18H2,1-2H3. The van der Waals surface area contributed by atoms with Crippen LogP contribution in [0.25, 0.3) is 0 Å². The van der Waals surface area contributed by atoms with Crippen molar-refractivity contribution in [3.05, 3.63) is 65.7 Å². The lowest BCUT2D eigenvalue weighted by Gasteiger charge is -2.38. The summed E-state index contributed by atoms with van der Waals surface area (Å²) in [7, 11) is 0. The quantitative estimate of drug-likeness (QED) is 0.725. The Balaban J connectivity index is 1.39. The molecule has 30 heavy (non-hydrogen) atoms. The minimum atomic E-state index is 0.108. The molecular formula is C25H32N2O3. The number of likely N-dealkylation sites (tertiary alicyclic amines) is 1. The number of nitrogens with zero attached hydrogens (tertiary/aromatic N) is 2. The van der Waals surface area contributed by atoms with Gasteiger partial charge in [-0.1, -0.05) is 36.4 Å². The maximum Gasteiger partial charge on any atom is 0.254 e. The minimum Gasteiger partial charge on any atom is -0.489 e. The fourth-order valence-corrected chi connectivity index (χ4v) is 4.65. The number of carbonyl (C=O) groups is 1. The van der Waals surface area contributed by atoms with Crippen molar-refractivity contribution in [3.63, 3.8) is 0 Å². The predicted molar refractivity (Wildman–Crippen MR) is 118 cm³/mol. The van der Waals surface area contributed by atoms with Crippen molar-refractivity contribution in [2.75, 3.05) is 26.2 Å². The van der Waals surface area contributed by atoms with E-state index >= 15 is 0 Å². The number of ether oxygens (including phenoxy) is 2. The smallest absolute Gasteiger partial charge is 0.254 e. The van der Waals surface area contributed by atoms with Crippen LogP contribution in [0.15, 0.2) is 54.6 Å². The SMILES string of the molecule is CC1CN(CC2CCCN2C(=O)c2cccc(OCc3ccccc3)c2)CC(C)O1. The van der Waals surface area contributed by atoms with Crippen LogP contribution in [0.3, 0.4) is 0 Å². The molecule has 3 atom stereocenters. The molecule has 0 spiro atoms. The molecule has 2 saturated heterocycles. The summed E-state index contributed by atoms with van der Waals surface area (Å²) in [4.78, 5) is 17.8. The molecule has 1 amide bonds. The molecule has 0 radical (unpaired) electrons. The topological polar surface area (TPSA) is 42.0 Å². The highest BCUT2D eigenvalue weighted by Gasteiger charge is 2.33. The second kappa shape index (κ2) is 9.63. The highest BCUT2D eigenvalue weighted by Crippen LogP contribution is 2.24. The number of morpholine rings is 1. The second-order valence-corrected chi connectivity index (χ2v) is 8.57. The monoisotopic (exact) mass is 408 g/mol. The molecule has 2 aliphatic rings. The molecule has 0 saturated carbocycles. The number of hydrogen-bond donors (Lipinski definition) is 0. The van der Waals surface area contributed by atoms with E-state index < -0.39 is 0 Å². The van der Waals surface area contributed by atoms with Gasteiger partial charge in [0.2, 0.25) is 0 Å². The van der Waals surface area contributed by atoms with Gasteiger partial charge in [0.1, 0.15) is 12.4 Å². The molecule has 0 bridgehead atoms. The lowest BCUT2D eigenvalue weighted by molar-refractivity contribution is -0.0715. The first-order valence-electron chi connectivity index (χ1n) is 11.0. The van der Waals surface area contributed by atoms with Crippen LogP contribution in [0, 0.1) is 0 Å². The Hall–Kier alpha value is -2.37. The number of benzene rings is 2. The first-order chi connectivity index (χ1) is 14.6. The molecule has 2 heterocycles. The van der Waals surface area contributed by atoms with E-state index in [1.807, 2.05) is 54.6 Å². The van der Waals surface area contributed by atoms with E-state index in [2.05, 4.69) is 23.6 Å². The van der Waals surface area contributed by atoms with Crippen LogP contribution in [0.4, 0.5) is 0 Å². The van der Waals surface area contributed by atoms with E-state index in [1.165, 1.54) is 0 Å². The van der Waals surface area contributed by atoms with E-state index in [9.17, 15) is 4.79 Å². The van der Waals surface area contributed by atoms with Gasteiger partial charge in [-0.25, -0.2) is 0 Å². The Morgan fingerprint density at radius 1 is 1.07 bits per heavy atom. The molecule has 160 valence electrons. The van der Waals surface area contributed by atoms with Crippen molar-refractivity contribution < 1.29 is 14.3 Å². The van der Waals surface area contributed by atoms with Gasteiger partial charge >= 0.3 is 0 Å². The lowest BCUT2D eigenvalue weighted by atomic mass is 10.1. The molecule has 0 aromatic heterocycles. The molecule has 4 rings (SSSR count). The van der Waals surface area contributed by atoms with Crippen molar-refractivity contribution in [1.82, 2.24) is 9.80 Å². The molecule has 2 aliphatic heterocycles. The zero-order valence-electron chi connectivity index (χ0n) is 18.0. The predicted octanol–water partition coefficient (Wildman–Crippen LogP) is 3.98. The molecule has 2 aromatic rings. The van der Waals surface area contributed by atoms with E-state index in [-0.39, 0.29) is 24.2 Å². The molecule has 5 heteroatoms. The van der Waals surface area contributed by atoms with Gasteiger partial charge < -0.3 is 14.4 Å². The van der Waals surface area contributed by atoms with Crippen LogP contribution >= 0.6 is 0 Å². The second-order valence-electron chi connectivity index (χ2n) is 8.57. The summed E-state index contributed by atoms with van der Waals surface area (Å²) < 4.78 is 11.8. The third-order valence-corrected chi connectivity index (χ3v) is 5.93. The average molecular weight is 409 g/mol. The third-order valence-electron chi connectivity index (χ3n) is 5.93. The van der Waals surface area contributed by atoms with Crippen LogP contribution in [0.1, 0.15) is 42.6 Å². The summed E-state index contributed by atoms with van der Waals surface area (Å²) in [5.41, 5.74) is 1.82. The maximum atomic E-state index is 13.3. The lowest BCUT2D eigenvalue weighted by Crippen LogP contribution is -2.50. The van der Waals surface area contributed by atoms with E-state index in [1.54, 1.807) is 0 Å². The molecule has 0 N–H and O–H groups in total. The Morgan fingerprint density at radius 2 is 1.83 bits per heavy atom. The molecule has 5 nitrogen and oxygen atoms in total. The van der Waals surface area contributed by atoms with Crippen LogP contribution < -0.4 is 4.74 Å². The van der Waals surface area contributed by atoms with Gasteiger partial charge in [-0.3, -0.25) is 9.69 Å². The normalized spacial score (nSPS) is 24.7. The fraction of sp³-hybridized carbons (Fsp3) is 0.480. The first-order valence-corrected chi connectivity index (χ1v) is 11.0. The minimum absolute atomic E-state index is 0.108. The Labute approximate surface area is 179 Å². The van der Waals surface area contributed by atoms with Crippen molar-refractivity contribution in [2.45, 2.75) is 51.5 Å². The first kappa shape index (κ1) is 20.9. The van der Waals surface area contributed by atoms with Crippen molar-refractivity contribution in [1.29, 1.82) is 0 Å². The fourth-order valence-electron chi connectivity index (χ4n) is 4.65. The van der Waals surface area contributed by atoms with E-state index in [4.69, 9.17) is 9.47 Å². The third kappa shape index (κ3) is 5.21. The van der Waals surface area contributed by atoms with Gasteiger partial charge in [0, 0.05) is 37.8 Å². The molecular weight excluding hydrogens is 376 g/mol. The summed E-state index contributed by atoms with van der Waals surface area (Å²) in [6.07, 6.45) is 2.63. The van der Waals surface area contributed by atoms with Crippen LogP contribution in [-0.4, -0.2) is 60.1 Å². The summed E-state index contributed by atoms with van der Waals surface area (Å²) in [6.45, 7) is 8.37. The van der Waals surface area contributed by atoms with Gasteiger partial charge in [-0.2, -0.15) is 0 Å². The highest BCUT2D eigenvalue weighted by molar-refractivity contribution is 5.95. The highest BCUT2D eigenvalue weighted by atomic mass is 16.5. The Kier molecular flexibility index (Phi) is 6.70. The Bertz CT molecular complexity index is 831. The van der Waals surface area contributed by atoms with Crippen LogP contribution in [0.5, 0.6) is 5.75 Å². The van der Waals surface area contributed by atoms with Gasteiger partial charge in [0.25, 0.3) is 5.91 Å². The number of amides is 1. The zero-order valence-corrected chi connectivity index (χ0v) is 18.0. The molecule has 3 unspecified atom stereocenters. The average Bonchev–Trinajstić information content (AvgIpc) is 3.20. The van der Waals surface area contributed by atoms with Gasteiger partial charge in [-0.15, -0.1) is 0 Å². The van der Waals surface area contributed by atoms with E-state index in [0.717, 1.165) is 50.3 Å². The van der Waals surface area contributed by atoms with Crippen molar-refractivity contribution >= 4 is 5.91 Å². The van der Waals surface area contributed by atoms with Crippen LogP contribution in [0.2, 0.25) is 0 Å². The number of hydrogen-bond acceptors (Lipinski definition) is 4. The summed E-state index contributed by atoms with van der Waals surface area (Å²) in [5.74, 6) is 0.841. The van der Waals surface area contributed by atoms with Crippen molar-refractivity contribution in [3.8, 4) is 5.75 Å². The summed E-state index contributed by atoms with van der Waals surface area (Å²) in [5, 5.41) is 0. The molecule has 2 aromatic carbocycles. The summed E-state index contributed by atoms with van der Waals surface area (Å²) in [6, 6.07) is 17.9. The zero-order chi connectivity index (χ0) is 20.9. The van der Waals surface area contributed by atoms with Gasteiger partial charge in [0.15, 0.2) is 0 Å². The van der Waals surface area contributed by atoms with Crippen molar-refractivity contribution in [2.24, 2.45) is 0 Å². The van der Waals surface area contributed by atoms with Gasteiger partial charge in [-0.05, 0) is 50.5 Å². The maximum absolute atomic E-state index is 13.3. The Morgan fingerprint density at radius 3 is 2.60 bits per heavy atom. The van der Waals surface area contributed by atoms with Gasteiger partial charge in [0.05, 0.1) is 12.2 Å². The molecule has 0 aliphatic carbocycles. The molecule has 2 fully saturated rings. The summed E-state index contributed by atoms with van der Waals surface area (Å²) >= 11 is 0. The van der Waals surface area contributed by atoms with Crippen LogP contribution in [-0.2, 0) is 11.3 Å².